The second-order valence-electron chi connectivity index (χ2n) is 6.63. The number of benzene rings is 1. The molecule has 2 aromatic heterocycles. The molecule has 0 saturated carbocycles. The molecule has 0 aliphatic carbocycles. The molecule has 3 aromatic rings. The Hall–Kier alpha value is -3.48. The number of hydrogen-bond donors (Lipinski definition) is 0. The van der Waals surface area contributed by atoms with Gasteiger partial charge in [-0.1, -0.05) is 18.2 Å². The second-order valence-corrected chi connectivity index (χ2v) is 6.63. The zero-order valence-corrected chi connectivity index (χ0v) is 15.8. The molecule has 4 rings (SSSR count). The van der Waals surface area contributed by atoms with Crippen LogP contribution in [0.15, 0.2) is 67.1 Å². The molecule has 1 aliphatic rings. The maximum Gasteiger partial charge on any atom is 0.259 e. The lowest BCUT2D eigenvalue weighted by atomic mass is 10.2. The maximum absolute atomic E-state index is 12.7. The van der Waals surface area contributed by atoms with Gasteiger partial charge in [0.15, 0.2) is 0 Å². The highest BCUT2D eigenvalue weighted by Crippen LogP contribution is 2.18. The van der Waals surface area contributed by atoms with Crippen molar-refractivity contribution in [1.82, 2.24) is 15.0 Å². The molecule has 7 nitrogen and oxygen atoms in total. The van der Waals surface area contributed by atoms with Crippen molar-refractivity contribution in [2.75, 3.05) is 47.9 Å². The fraction of sp³-hybridized carbons (Fsp3) is 0.238. The summed E-state index contributed by atoms with van der Waals surface area (Å²) in [6, 6.07) is 15.2. The van der Waals surface area contributed by atoms with Crippen LogP contribution in [0.25, 0.3) is 0 Å². The van der Waals surface area contributed by atoms with Crippen molar-refractivity contribution < 1.29 is 4.79 Å². The molecule has 1 amide bonds. The van der Waals surface area contributed by atoms with Crippen molar-refractivity contribution in [1.29, 1.82) is 0 Å². The number of rotatable bonds is 4. The van der Waals surface area contributed by atoms with Gasteiger partial charge in [-0.25, -0.2) is 15.0 Å². The Balaban J connectivity index is 1.39. The molecule has 0 spiro atoms. The number of para-hydroxylation sites is 1. The van der Waals surface area contributed by atoms with Gasteiger partial charge in [0.05, 0.1) is 5.56 Å². The fourth-order valence-electron chi connectivity index (χ4n) is 3.25. The molecule has 3 heterocycles. The molecule has 1 saturated heterocycles. The molecule has 0 radical (unpaired) electrons. The number of hydrogen-bond acceptors (Lipinski definition) is 6. The number of anilines is 3. The Morgan fingerprint density at radius 3 is 2.18 bits per heavy atom. The quantitative estimate of drug-likeness (QED) is 0.699. The average Bonchev–Trinajstić information content (AvgIpc) is 2.79. The van der Waals surface area contributed by atoms with E-state index in [9.17, 15) is 4.79 Å². The van der Waals surface area contributed by atoms with Gasteiger partial charge >= 0.3 is 0 Å². The summed E-state index contributed by atoms with van der Waals surface area (Å²) >= 11 is 0. The largest absolute Gasteiger partial charge is 0.353 e. The maximum atomic E-state index is 12.7. The van der Waals surface area contributed by atoms with E-state index in [1.165, 1.54) is 0 Å². The van der Waals surface area contributed by atoms with Gasteiger partial charge in [-0.15, -0.1) is 0 Å². The summed E-state index contributed by atoms with van der Waals surface area (Å²) < 4.78 is 0. The van der Waals surface area contributed by atoms with Crippen molar-refractivity contribution in [2.45, 2.75) is 0 Å². The Kier molecular flexibility index (Phi) is 5.14. The zero-order valence-electron chi connectivity index (χ0n) is 15.8. The van der Waals surface area contributed by atoms with E-state index < -0.39 is 0 Å². The summed E-state index contributed by atoms with van der Waals surface area (Å²) in [5.74, 6) is 1.57. The van der Waals surface area contributed by atoms with Gasteiger partial charge < -0.3 is 14.7 Å². The average molecular weight is 374 g/mol. The number of carbonyl (C=O) groups excluding carboxylic acids is 1. The molecule has 0 atom stereocenters. The molecule has 1 aromatic carbocycles. The van der Waals surface area contributed by atoms with Crippen molar-refractivity contribution in [3.8, 4) is 0 Å². The van der Waals surface area contributed by atoms with Gasteiger partial charge in [0, 0.05) is 57.5 Å². The minimum Gasteiger partial charge on any atom is -0.353 e. The predicted octanol–water partition coefficient (Wildman–Crippen LogP) is 2.47. The van der Waals surface area contributed by atoms with E-state index in [1.807, 2.05) is 48.5 Å². The minimum atomic E-state index is -0.0729. The second kappa shape index (κ2) is 8.04. The molecule has 0 bridgehead atoms. The number of amides is 1. The molecule has 142 valence electrons. The van der Waals surface area contributed by atoms with Crippen LogP contribution < -0.4 is 14.7 Å². The highest BCUT2D eigenvalue weighted by atomic mass is 16.2. The van der Waals surface area contributed by atoms with Crippen LogP contribution in [0.4, 0.5) is 17.5 Å². The van der Waals surface area contributed by atoms with Crippen LogP contribution in [-0.4, -0.2) is 54.1 Å². The first-order valence-corrected chi connectivity index (χ1v) is 9.28. The molecule has 1 fully saturated rings. The van der Waals surface area contributed by atoms with Gasteiger partial charge in [-0.05, 0) is 30.3 Å². The third kappa shape index (κ3) is 3.78. The van der Waals surface area contributed by atoms with Crippen molar-refractivity contribution in [3.63, 3.8) is 0 Å². The summed E-state index contributed by atoms with van der Waals surface area (Å²) in [4.78, 5) is 31.9. The van der Waals surface area contributed by atoms with E-state index in [2.05, 4.69) is 24.8 Å². The lowest BCUT2D eigenvalue weighted by Gasteiger charge is -2.35. The van der Waals surface area contributed by atoms with Crippen molar-refractivity contribution >= 4 is 23.4 Å². The predicted molar refractivity (Wildman–Crippen MR) is 110 cm³/mol. The molecule has 0 unspecified atom stereocenters. The molecule has 0 N–H and O–H groups in total. The van der Waals surface area contributed by atoms with Crippen LogP contribution in [-0.2, 0) is 0 Å². The van der Waals surface area contributed by atoms with Crippen LogP contribution >= 0.6 is 0 Å². The van der Waals surface area contributed by atoms with E-state index in [-0.39, 0.29) is 5.91 Å². The SMILES string of the molecule is CN(C(=O)c1ccc(N2CCN(c3ncccn3)CC2)nc1)c1ccccc1. The zero-order chi connectivity index (χ0) is 19.3. The first-order chi connectivity index (χ1) is 13.7. The third-order valence-electron chi connectivity index (χ3n) is 4.88. The topological polar surface area (TPSA) is 65.5 Å². The van der Waals surface area contributed by atoms with E-state index in [0.29, 0.717) is 5.56 Å². The van der Waals surface area contributed by atoms with E-state index in [4.69, 9.17) is 0 Å². The third-order valence-corrected chi connectivity index (χ3v) is 4.88. The monoisotopic (exact) mass is 374 g/mol. The van der Waals surface area contributed by atoms with E-state index >= 15 is 0 Å². The van der Waals surface area contributed by atoms with Crippen LogP contribution in [0.2, 0.25) is 0 Å². The van der Waals surface area contributed by atoms with Crippen molar-refractivity contribution in [2.24, 2.45) is 0 Å². The molecule has 28 heavy (non-hydrogen) atoms. The van der Waals surface area contributed by atoms with Crippen LogP contribution in [0, 0.1) is 0 Å². The number of piperazine rings is 1. The number of carbonyl (C=O) groups is 1. The van der Waals surface area contributed by atoms with Crippen LogP contribution in [0.5, 0.6) is 0 Å². The Morgan fingerprint density at radius 2 is 1.54 bits per heavy atom. The first kappa shape index (κ1) is 17.9. The summed E-state index contributed by atoms with van der Waals surface area (Å²) in [5.41, 5.74) is 1.43. The first-order valence-electron chi connectivity index (χ1n) is 9.28. The summed E-state index contributed by atoms with van der Waals surface area (Å²) in [6.45, 7) is 3.34. The number of aromatic nitrogens is 3. The van der Waals surface area contributed by atoms with Gasteiger partial charge in [-0.2, -0.15) is 0 Å². The lowest BCUT2D eigenvalue weighted by molar-refractivity contribution is 0.0992. The van der Waals surface area contributed by atoms with Crippen LogP contribution in [0.3, 0.4) is 0 Å². The standard InChI is InChI=1S/C21H22N6O/c1-25(18-6-3-2-4-7-18)20(28)17-8-9-19(24-16-17)26-12-14-27(15-13-26)21-22-10-5-11-23-21/h2-11,16H,12-15H2,1H3. The van der Waals surface area contributed by atoms with E-state index in [0.717, 1.165) is 43.6 Å². The molecular weight excluding hydrogens is 352 g/mol. The smallest absolute Gasteiger partial charge is 0.259 e. The van der Waals surface area contributed by atoms with Crippen molar-refractivity contribution in [3.05, 3.63) is 72.7 Å². The summed E-state index contributed by atoms with van der Waals surface area (Å²) in [5, 5.41) is 0. The number of nitrogens with zero attached hydrogens (tertiary/aromatic N) is 6. The molecule has 7 heteroatoms. The highest BCUT2D eigenvalue weighted by molar-refractivity contribution is 6.05. The molecular formula is C21H22N6O. The van der Waals surface area contributed by atoms with E-state index in [1.54, 1.807) is 30.5 Å². The number of pyridine rings is 1. The van der Waals surface area contributed by atoms with Gasteiger partial charge in [-0.3, -0.25) is 4.79 Å². The molecule has 1 aliphatic heterocycles. The fourth-order valence-corrected chi connectivity index (χ4v) is 3.25. The van der Waals surface area contributed by atoms with Gasteiger partial charge in [0.1, 0.15) is 5.82 Å². The Bertz CT molecular complexity index is 909. The lowest BCUT2D eigenvalue weighted by Crippen LogP contribution is -2.47. The Morgan fingerprint density at radius 1 is 0.857 bits per heavy atom. The summed E-state index contributed by atoms with van der Waals surface area (Å²) in [6.07, 6.45) is 5.18. The Labute approximate surface area is 164 Å². The highest BCUT2D eigenvalue weighted by Gasteiger charge is 2.20. The van der Waals surface area contributed by atoms with Gasteiger partial charge in [0.2, 0.25) is 5.95 Å². The van der Waals surface area contributed by atoms with Crippen LogP contribution in [0.1, 0.15) is 10.4 Å². The minimum absolute atomic E-state index is 0.0729. The van der Waals surface area contributed by atoms with Gasteiger partial charge in [0.25, 0.3) is 5.91 Å². The normalized spacial score (nSPS) is 14.0. The summed E-state index contributed by atoms with van der Waals surface area (Å²) in [7, 11) is 1.77.